The normalized spacial score (nSPS) is 10.7. The maximum atomic E-state index is 11.4. The van der Waals surface area contributed by atoms with Crippen LogP contribution < -0.4 is 0 Å². The minimum Gasteiger partial charge on any atom is -0.292 e. The second kappa shape index (κ2) is 4.14. The number of halogens is 1. The fourth-order valence-corrected chi connectivity index (χ4v) is 2.04. The van der Waals surface area contributed by atoms with E-state index in [-0.39, 0.29) is 5.78 Å². The summed E-state index contributed by atoms with van der Waals surface area (Å²) in [5.74, 6) is 0.542. The first kappa shape index (κ1) is 9.86. The minimum atomic E-state index is 0.140. The zero-order valence-corrected chi connectivity index (χ0v) is 9.41. The molecule has 1 heterocycles. The van der Waals surface area contributed by atoms with Gasteiger partial charge in [-0.25, -0.2) is 4.98 Å². The van der Waals surface area contributed by atoms with Crippen LogP contribution in [0.15, 0.2) is 9.98 Å². The van der Waals surface area contributed by atoms with E-state index >= 15 is 0 Å². The molecule has 12 heavy (non-hydrogen) atoms. The summed E-state index contributed by atoms with van der Waals surface area (Å²) in [4.78, 5) is 15.4. The lowest BCUT2D eigenvalue weighted by atomic mass is 10.1. The molecule has 0 fully saturated rings. The number of hydrogen-bond acceptors (Lipinski definition) is 3. The van der Waals surface area contributed by atoms with Crippen LogP contribution in [0.4, 0.5) is 0 Å². The monoisotopic (exact) mass is 247 g/mol. The van der Waals surface area contributed by atoms with Gasteiger partial charge in [0, 0.05) is 11.8 Å². The molecule has 0 N–H and O–H groups in total. The molecule has 0 radical (unpaired) electrons. The number of aromatic nitrogens is 1. The van der Waals surface area contributed by atoms with Crippen molar-refractivity contribution in [3.63, 3.8) is 0 Å². The Balaban J connectivity index is 2.65. The molecule has 0 spiro atoms. The number of ketones is 1. The van der Waals surface area contributed by atoms with E-state index in [1.807, 2.05) is 19.2 Å². The van der Waals surface area contributed by atoms with Crippen LogP contribution in [-0.4, -0.2) is 10.8 Å². The molecule has 0 atom stereocenters. The summed E-state index contributed by atoms with van der Waals surface area (Å²) in [6.07, 6.45) is 0.583. The van der Waals surface area contributed by atoms with Crippen molar-refractivity contribution in [2.24, 2.45) is 5.92 Å². The van der Waals surface area contributed by atoms with E-state index in [2.05, 4.69) is 20.9 Å². The van der Waals surface area contributed by atoms with Crippen molar-refractivity contribution in [3.8, 4) is 0 Å². The molecule has 1 rings (SSSR count). The first-order valence-corrected chi connectivity index (χ1v) is 5.41. The van der Waals surface area contributed by atoms with E-state index in [0.29, 0.717) is 17.3 Å². The molecular weight excluding hydrogens is 238 g/mol. The standard InChI is InChI=1S/C8H10BrNOS/c1-5(2)3-6(11)8-10-7(9)4-12-8/h4-5H,3H2,1-2H3. The molecule has 4 heteroatoms. The minimum absolute atomic E-state index is 0.140. The zero-order chi connectivity index (χ0) is 9.14. The van der Waals surface area contributed by atoms with Crippen molar-refractivity contribution in [2.45, 2.75) is 20.3 Å². The van der Waals surface area contributed by atoms with Gasteiger partial charge >= 0.3 is 0 Å². The Morgan fingerprint density at radius 1 is 1.75 bits per heavy atom. The van der Waals surface area contributed by atoms with E-state index in [4.69, 9.17) is 0 Å². The van der Waals surface area contributed by atoms with Crippen molar-refractivity contribution in [3.05, 3.63) is 15.0 Å². The second-order valence-electron chi connectivity index (χ2n) is 3.00. The number of carbonyl (C=O) groups is 1. The van der Waals surface area contributed by atoms with Crippen molar-refractivity contribution >= 4 is 33.0 Å². The Bertz CT molecular complexity index is 282. The van der Waals surface area contributed by atoms with Gasteiger partial charge in [-0.3, -0.25) is 4.79 Å². The highest BCUT2D eigenvalue weighted by molar-refractivity contribution is 9.10. The third-order valence-electron chi connectivity index (χ3n) is 1.31. The van der Waals surface area contributed by atoms with E-state index in [9.17, 15) is 4.79 Å². The molecule has 0 saturated carbocycles. The number of thiazole rings is 1. The van der Waals surface area contributed by atoms with Crippen LogP contribution in [-0.2, 0) is 0 Å². The van der Waals surface area contributed by atoms with Crippen LogP contribution in [0.2, 0.25) is 0 Å². The van der Waals surface area contributed by atoms with E-state index in [1.54, 1.807) is 0 Å². The first-order chi connectivity index (χ1) is 5.59. The largest absolute Gasteiger partial charge is 0.292 e. The van der Waals surface area contributed by atoms with Crippen LogP contribution in [0.5, 0.6) is 0 Å². The Kier molecular flexibility index (Phi) is 3.40. The van der Waals surface area contributed by atoms with Gasteiger partial charge in [0.1, 0.15) is 4.60 Å². The quantitative estimate of drug-likeness (QED) is 0.769. The van der Waals surface area contributed by atoms with Gasteiger partial charge in [0.05, 0.1) is 0 Å². The van der Waals surface area contributed by atoms with Gasteiger partial charge in [-0.1, -0.05) is 13.8 Å². The van der Waals surface area contributed by atoms with Crippen molar-refractivity contribution < 1.29 is 4.79 Å². The summed E-state index contributed by atoms with van der Waals surface area (Å²) in [6.45, 7) is 4.06. The van der Waals surface area contributed by atoms with E-state index in [1.165, 1.54) is 11.3 Å². The summed E-state index contributed by atoms with van der Waals surface area (Å²) in [6, 6.07) is 0. The van der Waals surface area contributed by atoms with E-state index in [0.717, 1.165) is 4.60 Å². The molecule has 0 aliphatic heterocycles. The maximum Gasteiger partial charge on any atom is 0.191 e. The van der Waals surface area contributed by atoms with Gasteiger partial charge in [0.2, 0.25) is 0 Å². The van der Waals surface area contributed by atoms with Crippen LogP contribution in [0.3, 0.4) is 0 Å². The van der Waals surface area contributed by atoms with Gasteiger partial charge in [-0.2, -0.15) is 0 Å². The van der Waals surface area contributed by atoms with Gasteiger partial charge < -0.3 is 0 Å². The first-order valence-electron chi connectivity index (χ1n) is 3.74. The van der Waals surface area contributed by atoms with Gasteiger partial charge in [-0.05, 0) is 21.8 Å². The summed E-state index contributed by atoms with van der Waals surface area (Å²) in [5, 5.41) is 2.43. The third-order valence-corrected chi connectivity index (χ3v) is 2.90. The van der Waals surface area contributed by atoms with Crippen molar-refractivity contribution in [1.29, 1.82) is 0 Å². The lowest BCUT2D eigenvalue weighted by Gasteiger charge is -1.99. The average molecular weight is 248 g/mol. The molecule has 0 unspecified atom stereocenters. The number of hydrogen-bond donors (Lipinski definition) is 0. The highest BCUT2D eigenvalue weighted by Gasteiger charge is 2.11. The number of rotatable bonds is 3. The zero-order valence-electron chi connectivity index (χ0n) is 7.00. The Morgan fingerprint density at radius 3 is 2.83 bits per heavy atom. The summed E-state index contributed by atoms with van der Waals surface area (Å²) in [5.41, 5.74) is 0. The predicted octanol–water partition coefficient (Wildman–Crippen LogP) is 3.13. The third kappa shape index (κ3) is 2.68. The maximum absolute atomic E-state index is 11.4. The van der Waals surface area contributed by atoms with Crippen molar-refractivity contribution in [1.82, 2.24) is 4.98 Å². The molecule has 1 aromatic heterocycles. The SMILES string of the molecule is CC(C)CC(=O)c1nc(Br)cs1. The highest BCUT2D eigenvalue weighted by Crippen LogP contribution is 2.17. The molecule has 0 aromatic carbocycles. The fraction of sp³-hybridized carbons (Fsp3) is 0.500. The van der Waals surface area contributed by atoms with Crippen LogP contribution in [0.25, 0.3) is 0 Å². The summed E-state index contributed by atoms with van der Waals surface area (Å²) < 4.78 is 0.750. The smallest absolute Gasteiger partial charge is 0.191 e. The van der Waals surface area contributed by atoms with Crippen LogP contribution in [0.1, 0.15) is 30.1 Å². The number of Topliss-reactive ketones (excluding diaryl/α,β-unsaturated/α-hetero) is 1. The van der Waals surface area contributed by atoms with Crippen molar-refractivity contribution in [2.75, 3.05) is 0 Å². The molecule has 0 bridgehead atoms. The molecule has 0 saturated heterocycles. The van der Waals surface area contributed by atoms with Gasteiger partial charge in [0.25, 0.3) is 0 Å². The molecule has 2 nitrogen and oxygen atoms in total. The Morgan fingerprint density at radius 2 is 2.42 bits per heavy atom. The molecule has 0 aliphatic carbocycles. The second-order valence-corrected chi connectivity index (χ2v) is 4.67. The predicted molar refractivity (Wildman–Crippen MR) is 53.6 cm³/mol. The van der Waals surface area contributed by atoms with Crippen LogP contribution >= 0.6 is 27.3 Å². The Hall–Kier alpha value is -0.220. The number of carbonyl (C=O) groups excluding carboxylic acids is 1. The molecule has 1 aromatic rings. The molecular formula is C8H10BrNOS. The number of nitrogens with zero attached hydrogens (tertiary/aromatic N) is 1. The molecule has 0 aliphatic rings. The molecule has 0 amide bonds. The molecule has 66 valence electrons. The van der Waals surface area contributed by atoms with Gasteiger partial charge in [0.15, 0.2) is 10.8 Å². The van der Waals surface area contributed by atoms with E-state index < -0.39 is 0 Å². The highest BCUT2D eigenvalue weighted by atomic mass is 79.9. The summed E-state index contributed by atoms with van der Waals surface area (Å²) >= 11 is 4.61. The van der Waals surface area contributed by atoms with Crippen LogP contribution in [0, 0.1) is 5.92 Å². The average Bonchev–Trinajstić information content (AvgIpc) is 2.34. The fourth-order valence-electron chi connectivity index (χ4n) is 0.840. The summed E-state index contributed by atoms with van der Waals surface area (Å²) in [7, 11) is 0. The Labute approximate surface area is 84.1 Å². The topological polar surface area (TPSA) is 30.0 Å². The lowest BCUT2D eigenvalue weighted by molar-refractivity contribution is 0.0967. The lowest BCUT2D eigenvalue weighted by Crippen LogP contribution is -2.02. The van der Waals surface area contributed by atoms with Gasteiger partial charge in [-0.15, -0.1) is 11.3 Å².